The molecule has 0 atom stereocenters. The van der Waals surface area contributed by atoms with Crippen LogP contribution in [0, 0.1) is 0 Å². The minimum absolute atomic E-state index is 0.597. The average Bonchev–Trinajstić information content (AvgIpc) is 3.74. The highest BCUT2D eigenvalue weighted by Gasteiger charge is 2.22. The highest BCUT2D eigenvalue weighted by atomic mass is 16.3. The Morgan fingerprint density at radius 2 is 0.820 bits per heavy atom. The normalized spacial score (nSPS) is 11.6. The Bertz CT molecular complexity index is 3620. The van der Waals surface area contributed by atoms with Crippen LogP contribution in [0.5, 0.6) is 0 Å². The summed E-state index contributed by atoms with van der Waals surface area (Å²) in [5.41, 5.74) is 11.6. The second-order valence-corrected chi connectivity index (χ2v) is 15.3. The quantitative estimate of drug-likeness (QED) is 0.157. The molecule has 0 aliphatic rings. The number of rotatable bonds is 6. The van der Waals surface area contributed by atoms with Gasteiger partial charge in [0.25, 0.3) is 0 Å². The van der Waals surface area contributed by atoms with E-state index in [-0.39, 0.29) is 0 Å². The van der Waals surface area contributed by atoms with Crippen molar-refractivity contribution in [3.05, 3.63) is 206 Å². The van der Waals surface area contributed by atoms with Gasteiger partial charge in [0.05, 0.1) is 22.0 Å². The van der Waals surface area contributed by atoms with Crippen LogP contribution in [0.15, 0.2) is 211 Å². The molecule has 0 unspecified atom stereocenters. The first kappa shape index (κ1) is 34.7. The number of aromatic nitrogens is 4. The van der Waals surface area contributed by atoms with Crippen molar-refractivity contribution >= 4 is 54.4 Å². The molecule has 3 aromatic heterocycles. The van der Waals surface area contributed by atoms with E-state index in [0.717, 1.165) is 83.0 Å². The molecule has 61 heavy (non-hydrogen) atoms. The van der Waals surface area contributed by atoms with E-state index in [1.165, 1.54) is 21.5 Å². The smallest absolute Gasteiger partial charge is 0.164 e. The zero-order valence-corrected chi connectivity index (χ0v) is 32.8. The largest absolute Gasteiger partial charge is 0.455 e. The molecule has 5 heteroatoms. The second-order valence-electron chi connectivity index (χ2n) is 15.3. The highest BCUT2D eigenvalue weighted by Crippen LogP contribution is 2.45. The average molecular weight is 779 g/mol. The standard InChI is InChI=1S/C56H34N4O/c1-3-14-35(15-4-1)36-26-30-39(31-27-36)55-58-54(38-16-5-2-6-17-38)59-56(60-55)40-32-28-37(29-33-40)52-51-46-22-11-12-25-49(46)61-53(51)50-45(23-13-24-48(50)57-52)47-34-41-18-7-8-19-42(41)43-20-9-10-21-44(43)47/h1-34H. The molecule has 0 fully saturated rings. The predicted octanol–water partition coefficient (Wildman–Crippen LogP) is 14.6. The number of fused-ring (bicyclic) bond motifs is 8. The van der Waals surface area contributed by atoms with Gasteiger partial charge in [0.15, 0.2) is 17.5 Å². The topological polar surface area (TPSA) is 64.7 Å². The molecule has 12 aromatic rings. The summed E-state index contributed by atoms with van der Waals surface area (Å²) in [4.78, 5) is 20.5. The van der Waals surface area contributed by atoms with Crippen molar-refractivity contribution in [1.82, 2.24) is 19.9 Å². The van der Waals surface area contributed by atoms with Crippen LogP contribution in [0.25, 0.3) is 122 Å². The zero-order chi connectivity index (χ0) is 40.3. The van der Waals surface area contributed by atoms with Crippen molar-refractivity contribution < 1.29 is 4.42 Å². The van der Waals surface area contributed by atoms with E-state index in [2.05, 4.69) is 158 Å². The van der Waals surface area contributed by atoms with Crippen molar-refractivity contribution in [3.8, 4) is 67.7 Å². The van der Waals surface area contributed by atoms with Gasteiger partial charge in [-0.05, 0) is 62.0 Å². The van der Waals surface area contributed by atoms with E-state index in [9.17, 15) is 0 Å². The Kier molecular flexibility index (Phi) is 8.10. The summed E-state index contributed by atoms with van der Waals surface area (Å²) in [7, 11) is 0. The molecule has 0 aliphatic carbocycles. The third-order valence-corrected chi connectivity index (χ3v) is 11.7. The van der Waals surface area contributed by atoms with E-state index >= 15 is 0 Å². The summed E-state index contributed by atoms with van der Waals surface area (Å²) in [6.07, 6.45) is 0. The maximum Gasteiger partial charge on any atom is 0.164 e. The third kappa shape index (κ3) is 5.94. The lowest BCUT2D eigenvalue weighted by Gasteiger charge is -2.14. The number of hydrogen-bond acceptors (Lipinski definition) is 5. The molecule has 284 valence electrons. The number of benzene rings is 9. The third-order valence-electron chi connectivity index (χ3n) is 11.7. The molecule has 0 radical (unpaired) electrons. The molecule has 0 aliphatic heterocycles. The van der Waals surface area contributed by atoms with E-state index in [4.69, 9.17) is 24.4 Å². The summed E-state index contributed by atoms with van der Waals surface area (Å²) in [5.74, 6) is 1.83. The molecule has 0 spiro atoms. The molecule has 0 saturated heterocycles. The summed E-state index contributed by atoms with van der Waals surface area (Å²) in [6, 6.07) is 71.5. The Hall–Kier alpha value is -8.28. The van der Waals surface area contributed by atoms with Crippen molar-refractivity contribution in [2.75, 3.05) is 0 Å². The molecule has 9 aromatic carbocycles. The summed E-state index contributed by atoms with van der Waals surface area (Å²) in [5, 5.41) is 7.86. The van der Waals surface area contributed by atoms with E-state index in [0.29, 0.717) is 17.5 Å². The van der Waals surface area contributed by atoms with Gasteiger partial charge in [0.1, 0.15) is 11.2 Å². The zero-order valence-electron chi connectivity index (χ0n) is 32.8. The SMILES string of the molecule is c1ccc(-c2ccc(-c3nc(-c4ccccc4)nc(-c4ccc(-c5nc6cccc(-c7cc8ccccc8c8ccccc78)c6c6oc7ccccc7c56)cc4)n3)cc2)cc1. The van der Waals surface area contributed by atoms with Crippen molar-refractivity contribution in [1.29, 1.82) is 0 Å². The minimum atomic E-state index is 0.597. The Labute approximate surface area is 351 Å². The predicted molar refractivity (Wildman–Crippen MR) is 250 cm³/mol. The highest BCUT2D eigenvalue weighted by molar-refractivity contribution is 6.24. The van der Waals surface area contributed by atoms with Gasteiger partial charge in [-0.2, -0.15) is 0 Å². The van der Waals surface area contributed by atoms with Crippen LogP contribution >= 0.6 is 0 Å². The molecule has 0 amide bonds. The van der Waals surface area contributed by atoms with Gasteiger partial charge in [0, 0.05) is 27.6 Å². The Morgan fingerprint density at radius 1 is 0.311 bits per heavy atom. The maximum absolute atomic E-state index is 6.86. The summed E-state index contributed by atoms with van der Waals surface area (Å²) >= 11 is 0. The molecule has 3 heterocycles. The van der Waals surface area contributed by atoms with Crippen molar-refractivity contribution in [3.63, 3.8) is 0 Å². The van der Waals surface area contributed by atoms with Crippen LogP contribution in [-0.4, -0.2) is 19.9 Å². The van der Waals surface area contributed by atoms with Gasteiger partial charge < -0.3 is 4.42 Å². The van der Waals surface area contributed by atoms with Gasteiger partial charge in [-0.25, -0.2) is 19.9 Å². The van der Waals surface area contributed by atoms with Gasteiger partial charge in [0.2, 0.25) is 0 Å². The van der Waals surface area contributed by atoms with E-state index in [1.54, 1.807) is 0 Å². The maximum atomic E-state index is 6.86. The van der Waals surface area contributed by atoms with Gasteiger partial charge in [-0.15, -0.1) is 0 Å². The molecule has 0 saturated carbocycles. The van der Waals surface area contributed by atoms with Crippen LogP contribution in [0.1, 0.15) is 0 Å². The molecule has 0 N–H and O–H groups in total. The number of para-hydroxylation sites is 1. The van der Waals surface area contributed by atoms with Gasteiger partial charge in [-0.3, -0.25) is 0 Å². The lowest BCUT2D eigenvalue weighted by Crippen LogP contribution is -2.00. The van der Waals surface area contributed by atoms with E-state index in [1.807, 2.05) is 48.5 Å². The molecule has 0 bridgehead atoms. The molecular weight excluding hydrogens is 745 g/mol. The number of nitrogens with zero attached hydrogens (tertiary/aromatic N) is 4. The van der Waals surface area contributed by atoms with Crippen LogP contribution in [0.2, 0.25) is 0 Å². The van der Waals surface area contributed by atoms with Gasteiger partial charge in [-0.1, -0.05) is 188 Å². The van der Waals surface area contributed by atoms with Crippen LogP contribution in [-0.2, 0) is 0 Å². The lowest BCUT2D eigenvalue weighted by atomic mass is 9.90. The molecular formula is C56H34N4O. The van der Waals surface area contributed by atoms with Gasteiger partial charge >= 0.3 is 0 Å². The lowest BCUT2D eigenvalue weighted by molar-refractivity contribution is 0.672. The van der Waals surface area contributed by atoms with Crippen molar-refractivity contribution in [2.24, 2.45) is 0 Å². The molecule has 12 rings (SSSR count). The first-order valence-electron chi connectivity index (χ1n) is 20.5. The van der Waals surface area contributed by atoms with Crippen molar-refractivity contribution in [2.45, 2.75) is 0 Å². The second kappa shape index (κ2) is 14.2. The number of furan rings is 1. The van der Waals surface area contributed by atoms with Crippen LogP contribution in [0.4, 0.5) is 0 Å². The van der Waals surface area contributed by atoms with Crippen LogP contribution < -0.4 is 0 Å². The minimum Gasteiger partial charge on any atom is -0.455 e. The fraction of sp³-hybridized carbons (Fsp3) is 0. The Morgan fingerprint density at radius 3 is 1.51 bits per heavy atom. The first-order chi connectivity index (χ1) is 30.2. The number of pyridine rings is 1. The van der Waals surface area contributed by atoms with Crippen LogP contribution in [0.3, 0.4) is 0 Å². The summed E-state index contributed by atoms with van der Waals surface area (Å²) < 4.78 is 6.86. The van der Waals surface area contributed by atoms with E-state index < -0.39 is 0 Å². The fourth-order valence-corrected chi connectivity index (χ4v) is 8.79. The molecule has 5 nitrogen and oxygen atoms in total. The first-order valence-corrected chi connectivity index (χ1v) is 20.5. The number of hydrogen-bond donors (Lipinski definition) is 0. The fourth-order valence-electron chi connectivity index (χ4n) is 8.79. The Balaban J connectivity index is 1.01. The monoisotopic (exact) mass is 778 g/mol. The summed E-state index contributed by atoms with van der Waals surface area (Å²) in [6.45, 7) is 0.